The normalized spacial score (nSPS) is 12.5. The van der Waals surface area contributed by atoms with Crippen LogP contribution in [0.5, 0.6) is 0 Å². The van der Waals surface area contributed by atoms with Crippen molar-refractivity contribution in [1.29, 1.82) is 0 Å². The standard InChI is InChI=1S/C16H32O2S/c1-3-4-5-6-7-8-9-10-11-12-13-14-16(17)15-19(2)18/h3-15H2,1-2H3/t19-/m1/s1. The lowest BCUT2D eigenvalue weighted by Crippen LogP contribution is -2.08. The summed E-state index contributed by atoms with van der Waals surface area (Å²) >= 11 is 0. The zero-order valence-corrected chi connectivity index (χ0v) is 13.7. The zero-order chi connectivity index (χ0) is 14.3. The van der Waals surface area contributed by atoms with E-state index in [1.807, 2.05) is 0 Å². The Kier molecular flexibility index (Phi) is 14.1. The average Bonchev–Trinajstić information content (AvgIpc) is 2.35. The van der Waals surface area contributed by atoms with E-state index in [2.05, 4.69) is 6.92 Å². The van der Waals surface area contributed by atoms with E-state index in [-0.39, 0.29) is 11.5 Å². The van der Waals surface area contributed by atoms with Gasteiger partial charge in [0.15, 0.2) is 0 Å². The van der Waals surface area contributed by atoms with Gasteiger partial charge < -0.3 is 0 Å². The Hall–Kier alpha value is -0.180. The summed E-state index contributed by atoms with van der Waals surface area (Å²) in [6.45, 7) is 2.25. The van der Waals surface area contributed by atoms with E-state index in [4.69, 9.17) is 0 Å². The van der Waals surface area contributed by atoms with Crippen molar-refractivity contribution < 1.29 is 9.00 Å². The molecule has 114 valence electrons. The smallest absolute Gasteiger partial charge is 0.145 e. The lowest BCUT2D eigenvalue weighted by atomic mass is 10.0. The van der Waals surface area contributed by atoms with Crippen LogP contribution in [0.3, 0.4) is 0 Å². The zero-order valence-electron chi connectivity index (χ0n) is 12.9. The molecule has 2 nitrogen and oxygen atoms in total. The predicted octanol–water partition coefficient (Wildman–Crippen LogP) is 4.64. The predicted molar refractivity (Wildman–Crippen MR) is 85.0 cm³/mol. The highest BCUT2D eigenvalue weighted by molar-refractivity contribution is 7.85. The maximum absolute atomic E-state index is 11.3. The van der Waals surface area contributed by atoms with Gasteiger partial charge in [-0.2, -0.15) is 0 Å². The maximum atomic E-state index is 11.3. The molecule has 0 amide bonds. The Labute approximate surface area is 122 Å². The van der Waals surface area contributed by atoms with E-state index in [0.29, 0.717) is 6.42 Å². The summed E-state index contributed by atoms with van der Waals surface area (Å²) < 4.78 is 10.8. The minimum atomic E-state index is -0.961. The van der Waals surface area contributed by atoms with Crippen LogP contribution in [0.4, 0.5) is 0 Å². The van der Waals surface area contributed by atoms with Crippen LogP contribution in [0.25, 0.3) is 0 Å². The molecule has 0 aromatic rings. The molecule has 0 aliphatic rings. The summed E-state index contributed by atoms with van der Waals surface area (Å²) in [4.78, 5) is 11.3. The fourth-order valence-electron chi connectivity index (χ4n) is 2.29. The van der Waals surface area contributed by atoms with E-state index >= 15 is 0 Å². The number of unbranched alkanes of at least 4 members (excludes halogenated alkanes) is 10. The van der Waals surface area contributed by atoms with Gasteiger partial charge in [0.05, 0.1) is 5.75 Å². The van der Waals surface area contributed by atoms with E-state index in [9.17, 15) is 9.00 Å². The molecule has 0 rings (SSSR count). The fourth-order valence-corrected chi connectivity index (χ4v) is 2.88. The monoisotopic (exact) mass is 288 g/mol. The summed E-state index contributed by atoms with van der Waals surface area (Å²) in [5, 5.41) is 0. The van der Waals surface area contributed by atoms with Gasteiger partial charge in [0.2, 0.25) is 0 Å². The molecule has 0 aliphatic carbocycles. The van der Waals surface area contributed by atoms with Gasteiger partial charge >= 0.3 is 0 Å². The third-order valence-corrected chi connectivity index (χ3v) is 4.15. The minimum absolute atomic E-state index is 0.164. The highest BCUT2D eigenvalue weighted by Crippen LogP contribution is 2.11. The van der Waals surface area contributed by atoms with E-state index in [1.165, 1.54) is 57.8 Å². The summed E-state index contributed by atoms with van der Waals surface area (Å²) in [5.41, 5.74) is 0. The quantitative estimate of drug-likeness (QED) is 0.436. The Morgan fingerprint density at radius 3 is 1.63 bits per heavy atom. The van der Waals surface area contributed by atoms with Gasteiger partial charge in [0.1, 0.15) is 5.78 Å². The van der Waals surface area contributed by atoms with Crippen molar-refractivity contribution in [2.75, 3.05) is 12.0 Å². The van der Waals surface area contributed by atoms with E-state index in [0.717, 1.165) is 12.8 Å². The lowest BCUT2D eigenvalue weighted by molar-refractivity contribution is -0.116. The second kappa shape index (κ2) is 14.2. The van der Waals surface area contributed by atoms with Crippen LogP contribution in [0, 0.1) is 0 Å². The van der Waals surface area contributed by atoms with Crippen LogP contribution in [-0.2, 0) is 15.6 Å². The first-order valence-corrected chi connectivity index (χ1v) is 9.71. The molecule has 0 saturated carbocycles. The van der Waals surface area contributed by atoms with Crippen molar-refractivity contribution in [3.63, 3.8) is 0 Å². The van der Waals surface area contributed by atoms with Crippen molar-refractivity contribution in [2.45, 2.75) is 84.0 Å². The maximum Gasteiger partial charge on any atom is 0.145 e. The SMILES string of the molecule is CCCCCCCCCCCCCC(=O)C[S@@](C)=O. The minimum Gasteiger partial charge on any atom is -0.299 e. The number of hydrogen-bond acceptors (Lipinski definition) is 2. The van der Waals surface area contributed by atoms with Gasteiger partial charge in [0.25, 0.3) is 0 Å². The second-order valence-electron chi connectivity index (χ2n) is 5.54. The van der Waals surface area contributed by atoms with Gasteiger partial charge in [-0.15, -0.1) is 0 Å². The van der Waals surface area contributed by atoms with Crippen molar-refractivity contribution in [1.82, 2.24) is 0 Å². The van der Waals surface area contributed by atoms with Gasteiger partial charge in [-0.3, -0.25) is 9.00 Å². The summed E-state index contributed by atoms with van der Waals surface area (Å²) in [6.07, 6.45) is 16.5. The third-order valence-electron chi connectivity index (χ3n) is 3.42. The molecule has 3 heteroatoms. The molecule has 0 unspecified atom stereocenters. The molecule has 1 atom stereocenters. The van der Waals surface area contributed by atoms with Gasteiger partial charge in [0, 0.05) is 23.5 Å². The average molecular weight is 288 g/mol. The number of Topliss-reactive ketones (excluding diaryl/α,β-unsaturated/α-hetero) is 1. The lowest BCUT2D eigenvalue weighted by Gasteiger charge is -2.02. The molecular weight excluding hydrogens is 256 g/mol. The summed E-state index contributed by atoms with van der Waals surface area (Å²) in [6, 6.07) is 0. The summed E-state index contributed by atoms with van der Waals surface area (Å²) in [7, 11) is -0.961. The second-order valence-corrected chi connectivity index (χ2v) is 6.98. The van der Waals surface area contributed by atoms with Crippen LogP contribution in [-0.4, -0.2) is 22.0 Å². The van der Waals surface area contributed by atoms with Crippen LogP contribution >= 0.6 is 0 Å². The molecule has 0 bridgehead atoms. The molecule has 0 heterocycles. The van der Waals surface area contributed by atoms with Crippen LogP contribution in [0.2, 0.25) is 0 Å². The molecule has 19 heavy (non-hydrogen) atoms. The molecular formula is C16H32O2S. The topological polar surface area (TPSA) is 34.1 Å². The van der Waals surface area contributed by atoms with E-state index < -0.39 is 10.8 Å². The highest BCUT2D eigenvalue weighted by Gasteiger charge is 2.03. The van der Waals surface area contributed by atoms with Crippen LogP contribution < -0.4 is 0 Å². The largest absolute Gasteiger partial charge is 0.299 e. The van der Waals surface area contributed by atoms with Crippen molar-refractivity contribution in [3.8, 4) is 0 Å². The number of carbonyl (C=O) groups excluding carboxylic acids is 1. The Balaban J connectivity index is 3.10. The Morgan fingerprint density at radius 1 is 0.789 bits per heavy atom. The highest BCUT2D eigenvalue weighted by atomic mass is 32.2. The molecule has 0 aliphatic heterocycles. The van der Waals surface area contributed by atoms with Crippen molar-refractivity contribution in [2.24, 2.45) is 0 Å². The van der Waals surface area contributed by atoms with Crippen LogP contribution in [0.1, 0.15) is 84.0 Å². The molecule has 0 fully saturated rings. The van der Waals surface area contributed by atoms with Gasteiger partial charge in [-0.05, 0) is 6.42 Å². The van der Waals surface area contributed by atoms with Crippen LogP contribution in [0.15, 0.2) is 0 Å². The molecule has 0 aromatic carbocycles. The Bertz CT molecular complexity index is 239. The molecule has 0 N–H and O–H groups in total. The first-order valence-electron chi connectivity index (χ1n) is 7.98. The van der Waals surface area contributed by atoms with Crippen molar-refractivity contribution >= 4 is 16.6 Å². The summed E-state index contributed by atoms with van der Waals surface area (Å²) in [5.74, 6) is 0.411. The van der Waals surface area contributed by atoms with E-state index in [1.54, 1.807) is 6.26 Å². The number of hydrogen-bond donors (Lipinski definition) is 0. The number of rotatable bonds is 14. The molecule has 0 radical (unpaired) electrons. The third kappa shape index (κ3) is 15.8. The first kappa shape index (κ1) is 18.8. The molecule has 0 saturated heterocycles. The number of ketones is 1. The molecule has 0 aromatic heterocycles. The van der Waals surface area contributed by atoms with Gasteiger partial charge in [-0.25, -0.2) is 0 Å². The first-order chi connectivity index (χ1) is 9.16. The van der Waals surface area contributed by atoms with Gasteiger partial charge in [-0.1, -0.05) is 71.1 Å². The Morgan fingerprint density at radius 2 is 1.21 bits per heavy atom. The molecule has 0 spiro atoms. The van der Waals surface area contributed by atoms with Crippen molar-refractivity contribution in [3.05, 3.63) is 0 Å². The fraction of sp³-hybridized carbons (Fsp3) is 0.938. The number of carbonyl (C=O) groups is 1.